The Bertz CT molecular complexity index is 905. The molecule has 8 heteroatoms. The van der Waals surface area contributed by atoms with Crippen LogP contribution in [0.1, 0.15) is 82.5 Å². The molecule has 0 saturated heterocycles. The van der Waals surface area contributed by atoms with Crippen LogP contribution in [0, 0.1) is 25.2 Å². The predicted molar refractivity (Wildman–Crippen MR) is 130 cm³/mol. The number of carbonyl (C=O) groups excluding carboxylic acids is 3. The Labute approximate surface area is 203 Å². The van der Waals surface area contributed by atoms with Crippen molar-refractivity contribution in [2.24, 2.45) is 0 Å². The molecule has 1 aromatic carbocycles. The van der Waals surface area contributed by atoms with Crippen LogP contribution in [0.3, 0.4) is 0 Å². The molecule has 1 aliphatic rings. The molecule has 0 radical (unpaired) electrons. The zero-order valence-electron chi connectivity index (χ0n) is 21.2. The lowest BCUT2D eigenvalue weighted by Crippen LogP contribution is -2.53. The Morgan fingerprint density at radius 3 is 2.26 bits per heavy atom. The summed E-state index contributed by atoms with van der Waals surface area (Å²) in [5.74, 6) is -0.837. The summed E-state index contributed by atoms with van der Waals surface area (Å²) < 4.78 is 5.26. The zero-order chi connectivity index (χ0) is 25.5. The van der Waals surface area contributed by atoms with E-state index in [1.54, 1.807) is 20.8 Å². The van der Waals surface area contributed by atoms with Gasteiger partial charge in [-0.1, -0.05) is 37.5 Å². The summed E-state index contributed by atoms with van der Waals surface area (Å²) >= 11 is 0. The molecule has 2 unspecified atom stereocenters. The molecule has 0 bridgehead atoms. The maximum atomic E-state index is 13.6. The van der Waals surface area contributed by atoms with E-state index in [0.717, 1.165) is 43.2 Å². The fourth-order valence-corrected chi connectivity index (χ4v) is 4.38. The summed E-state index contributed by atoms with van der Waals surface area (Å²) in [6.45, 7) is 10.2. The highest BCUT2D eigenvalue weighted by Crippen LogP contribution is 2.29. The van der Waals surface area contributed by atoms with Crippen LogP contribution in [-0.2, 0) is 14.3 Å². The summed E-state index contributed by atoms with van der Waals surface area (Å²) in [4.78, 5) is 40.6. The number of nitriles is 1. The maximum absolute atomic E-state index is 13.6. The minimum atomic E-state index is -0.988. The van der Waals surface area contributed by atoms with Crippen molar-refractivity contribution < 1.29 is 19.1 Å². The molecule has 2 rings (SSSR count). The Morgan fingerprint density at radius 2 is 1.74 bits per heavy atom. The first-order valence-electron chi connectivity index (χ1n) is 12.0. The van der Waals surface area contributed by atoms with E-state index < -0.39 is 29.7 Å². The van der Waals surface area contributed by atoms with E-state index in [9.17, 15) is 19.6 Å². The van der Waals surface area contributed by atoms with Gasteiger partial charge in [-0.15, -0.1) is 0 Å². The first kappa shape index (κ1) is 27.2. The second-order valence-corrected chi connectivity index (χ2v) is 10.0. The van der Waals surface area contributed by atoms with Crippen LogP contribution in [0.5, 0.6) is 0 Å². The van der Waals surface area contributed by atoms with Gasteiger partial charge in [-0.25, -0.2) is 4.79 Å². The summed E-state index contributed by atoms with van der Waals surface area (Å²) in [5.41, 5.74) is 1.68. The number of hydrogen-bond acceptors (Lipinski definition) is 5. The first-order valence-corrected chi connectivity index (χ1v) is 12.0. The predicted octanol–water partition coefficient (Wildman–Crippen LogP) is 4.06. The Morgan fingerprint density at radius 1 is 1.15 bits per heavy atom. The molecule has 8 nitrogen and oxygen atoms in total. The van der Waals surface area contributed by atoms with E-state index in [1.165, 1.54) is 11.8 Å². The van der Waals surface area contributed by atoms with Crippen LogP contribution in [0.2, 0.25) is 0 Å². The van der Waals surface area contributed by atoms with Gasteiger partial charge < -0.3 is 20.3 Å². The number of hydrogen-bond donors (Lipinski definition) is 2. The molecule has 34 heavy (non-hydrogen) atoms. The van der Waals surface area contributed by atoms with E-state index >= 15 is 0 Å². The van der Waals surface area contributed by atoms with E-state index in [0.29, 0.717) is 5.56 Å². The van der Waals surface area contributed by atoms with Gasteiger partial charge in [0.1, 0.15) is 24.2 Å². The van der Waals surface area contributed by atoms with Crippen molar-refractivity contribution in [1.82, 2.24) is 15.5 Å². The molecule has 186 valence electrons. The van der Waals surface area contributed by atoms with Crippen LogP contribution >= 0.6 is 0 Å². The number of rotatable bonds is 7. The van der Waals surface area contributed by atoms with Crippen LogP contribution in [0.4, 0.5) is 4.79 Å². The van der Waals surface area contributed by atoms with Crippen LogP contribution in [0.25, 0.3) is 0 Å². The molecule has 1 saturated carbocycles. The van der Waals surface area contributed by atoms with Crippen molar-refractivity contribution in [2.45, 2.75) is 97.4 Å². The third-order valence-corrected chi connectivity index (χ3v) is 5.95. The fraction of sp³-hybridized carbons (Fsp3) is 0.615. The number of aryl methyl sites for hydroxylation is 2. The molecule has 0 spiro atoms. The van der Waals surface area contributed by atoms with Gasteiger partial charge in [0, 0.05) is 6.04 Å². The molecule has 1 fully saturated rings. The standard InChI is InChI=1S/C26H38N4O4/c1-17-11-10-12-18(2)21(17)22(23(31)29-20-13-8-7-9-14-20)30(16-15-27)24(32)19(3)28-25(33)34-26(4,5)6/h10-12,19-20,22H,7-9,13-14,16H2,1-6H3,(H,28,33)(H,29,31). The molecule has 2 N–H and O–H groups in total. The van der Waals surface area contributed by atoms with E-state index in [2.05, 4.69) is 10.6 Å². The Hall–Kier alpha value is -3.08. The smallest absolute Gasteiger partial charge is 0.408 e. The summed E-state index contributed by atoms with van der Waals surface area (Å²) in [5, 5.41) is 15.2. The van der Waals surface area contributed by atoms with Crippen molar-refractivity contribution in [2.75, 3.05) is 6.54 Å². The first-order chi connectivity index (χ1) is 15.9. The number of benzene rings is 1. The highest BCUT2D eigenvalue weighted by Gasteiger charge is 2.37. The van der Waals surface area contributed by atoms with Gasteiger partial charge in [0.05, 0.1) is 6.07 Å². The van der Waals surface area contributed by atoms with Crippen molar-refractivity contribution >= 4 is 17.9 Å². The molecule has 1 aliphatic carbocycles. The quantitative estimate of drug-likeness (QED) is 0.584. The molecule has 3 amide bonds. The second-order valence-electron chi connectivity index (χ2n) is 10.0. The van der Waals surface area contributed by atoms with Gasteiger partial charge in [0.15, 0.2) is 0 Å². The molecule has 0 heterocycles. The molecule has 1 aromatic rings. The highest BCUT2D eigenvalue weighted by atomic mass is 16.6. The molecule has 0 aromatic heterocycles. The second kappa shape index (κ2) is 11.9. The van der Waals surface area contributed by atoms with Crippen LogP contribution < -0.4 is 10.6 Å². The average molecular weight is 471 g/mol. The van der Waals surface area contributed by atoms with Crippen LogP contribution in [0.15, 0.2) is 18.2 Å². The lowest BCUT2D eigenvalue weighted by Gasteiger charge is -2.35. The SMILES string of the molecule is Cc1cccc(C)c1C(C(=O)NC1CCCCC1)N(CC#N)C(=O)C(C)NC(=O)OC(C)(C)C. The highest BCUT2D eigenvalue weighted by molar-refractivity contribution is 5.92. The third kappa shape index (κ3) is 7.47. The van der Waals surface area contributed by atoms with Gasteiger partial charge in [0.25, 0.3) is 0 Å². The third-order valence-electron chi connectivity index (χ3n) is 5.95. The van der Waals surface area contributed by atoms with Gasteiger partial charge in [-0.2, -0.15) is 5.26 Å². The summed E-state index contributed by atoms with van der Waals surface area (Å²) in [6.07, 6.45) is 4.31. The molecule has 0 aliphatic heterocycles. The number of nitrogens with zero attached hydrogens (tertiary/aromatic N) is 2. The zero-order valence-corrected chi connectivity index (χ0v) is 21.2. The van der Waals surface area contributed by atoms with Crippen molar-refractivity contribution in [3.8, 4) is 6.07 Å². The molecular weight excluding hydrogens is 432 g/mol. The molecule has 2 atom stereocenters. The van der Waals surface area contributed by atoms with E-state index in [1.807, 2.05) is 38.1 Å². The number of nitrogens with one attached hydrogen (secondary N) is 2. The number of carbonyl (C=O) groups is 3. The van der Waals surface area contributed by atoms with Crippen molar-refractivity contribution in [3.63, 3.8) is 0 Å². The Balaban J connectivity index is 2.39. The van der Waals surface area contributed by atoms with Gasteiger partial charge in [-0.05, 0) is 71.1 Å². The summed E-state index contributed by atoms with van der Waals surface area (Å²) in [7, 11) is 0. The van der Waals surface area contributed by atoms with Gasteiger partial charge >= 0.3 is 6.09 Å². The lowest BCUT2D eigenvalue weighted by molar-refractivity contribution is -0.141. The van der Waals surface area contributed by atoms with Gasteiger partial charge in [-0.3, -0.25) is 9.59 Å². The van der Waals surface area contributed by atoms with Crippen molar-refractivity contribution in [3.05, 3.63) is 34.9 Å². The fourth-order valence-electron chi connectivity index (χ4n) is 4.38. The number of ether oxygens (including phenoxy) is 1. The topological polar surface area (TPSA) is 112 Å². The van der Waals surface area contributed by atoms with E-state index in [4.69, 9.17) is 4.74 Å². The van der Waals surface area contributed by atoms with E-state index in [-0.39, 0.29) is 18.5 Å². The minimum absolute atomic E-state index is 0.0458. The minimum Gasteiger partial charge on any atom is -0.444 e. The molecular formula is C26H38N4O4. The normalized spacial score (nSPS) is 16.0. The summed E-state index contributed by atoms with van der Waals surface area (Å²) in [6, 6.07) is 5.77. The number of alkyl carbamates (subject to hydrolysis) is 1. The average Bonchev–Trinajstić information content (AvgIpc) is 2.74. The Kier molecular flexibility index (Phi) is 9.48. The number of amides is 3. The van der Waals surface area contributed by atoms with Crippen LogP contribution in [-0.4, -0.2) is 47.0 Å². The van der Waals surface area contributed by atoms with Gasteiger partial charge in [0.2, 0.25) is 11.8 Å². The lowest BCUT2D eigenvalue weighted by atomic mass is 9.92. The van der Waals surface area contributed by atoms with Crippen molar-refractivity contribution in [1.29, 1.82) is 5.26 Å². The largest absolute Gasteiger partial charge is 0.444 e. The monoisotopic (exact) mass is 470 g/mol. The maximum Gasteiger partial charge on any atom is 0.408 e.